The van der Waals surface area contributed by atoms with Gasteiger partial charge in [0, 0.05) is 5.75 Å². The molecule has 27 heavy (non-hydrogen) atoms. The smallest absolute Gasteiger partial charge is 0.329 e. The fourth-order valence-corrected chi connectivity index (χ4v) is 5.48. The van der Waals surface area contributed by atoms with E-state index in [9.17, 15) is 29.4 Å². The Bertz CT molecular complexity index is 895. The molecule has 0 radical (unpaired) electrons. The van der Waals surface area contributed by atoms with Crippen LogP contribution in [0.1, 0.15) is 27.6 Å². The van der Waals surface area contributed by atoms with E-state index in [1.54, 1.807) is 0 Å². The SMILES string of the molecule is C[C@@]1(O)CS[C@@H]2C(N3C(=O)c4cc(Cl)c(Cl)cc4C3=O)C(=O)N2C1C(=O)O. The molecule has 2 fully saturated rings. The fourth-order valence-electron chi connectivity index (χ4n) is 3.68. The van der Waals surface area contributed by atoms with Crippen molar-refractivity contribution >= 4 is 58.7 Å². The lowest BCUT2D eigenvalue weighted by Gasteiger charge is -2.57. The summed E-state index contributed by atoms with van der Waals surface area (Å²) in [5.74, 6) is -3.38. The number of carboxylic acid groups (broad SMARTS) is 1. The molecule has 2 N–H and O–H groups in total. The first-order valence-electron chi connectivity index (χ1n) is 7.82. The zero-order valence-corrected chi connectivity index (χ0v) is 16.0. The van der Waals surface area contributed by atoms with Gasteiger partial charge in [-0.05, 0) is 19.1 Å². The summed E-state index contributed by atoms with van der Waals surface area (Å²) in [6.45, 7) is 1.33. The van der Waals surface area contributed by atoms with Crippen LogP contribution < -0.4 is 0 Å². The van der Waals surface area contributed by atoms with Gasteiger partial charge in [-0.2, -0.15) is 0 Å². The minimum atomic E-state index is -1.63. The maximum absolute atomic E-state index is 12.7. The molecule has 0 aromatic heterocycles. The molecule has 2 unspecified atom stereocenters. The average Bonchev–Trinajstić information content (AvgIpc) is 2.80. The summed E-state index contributed by atoms with van der Waals surface area (Å²) >= 11 is 13.0. The molecule has 11 heteroatoms. The molecule has 3 amide bonds. The quantitative estimate of drug-likeness (QED) is 0.532. The molecule has 142 valence electrons. The van der Waals surface area contributed by atoms with Gasteiger partial charge in [-0.1, -0.05) is 23.2 Å². The molecule has 4 rings (SSSR count). The Morgan fingerprint density at radius 2 is 1.70 bits per heavy atom. The number of carboxylic acids is 1. The Kier molecular flexibility index (Phi) is 4.01. The van der Waals surface area contributed by atoms with Gasteiger partial charge in [-0.25, -0.2) is 4.79 Å². The Morgan fingerprint density at radius 1 is 1.19 bits per heavy atom. The number of nitrogens with zero attached hydrogens (tertiary/aromatic N) is 2. The van der Waals surface area contributed by atoms with Crippen LogP contribution in [0.4, 0.5) is 0 Å². The number of fused-ring (bicyclic) bond motifs is 2. The normalized spacial score (nSPS) is 32.3. The summed E-state index contributed by atoms with van der Waals surface area (Å²) in [7, 11) is 0. The summed E-state index contributed by atoms with van der Waals surface area (Å²) < 4.78 is 0. The van der Waals surface area contributed by atoms with E-state index in [0.717, 1.165) is 21.6 Å². The Balaban J connectivity index is 1.69. The highest BCUT2D eigenvalue weighted by atomic mass is 35.5. The van der Waals surface area contributed by atoms with E-state index in [2.05, 4.69) is 0 Å². The Morgan fingerprint density at radius 3 is 2.19 bits per heavy atom. The van der Waals surface area contributed by atoms with Gasteiger partial charge in [0.25, 0.3) is 17.7 Å². The van der Waals surface area contributed by atoms with Crippen molar-refractivity contribution in [2.75, 3.05) is 5.75 Å². The van der Waals surface area contributed by atoms with Crippen LogP contribution in [0, 0.1) is 0 Å². The molecule has 3 aliphatic rings. The number of rotatable bonds is 2. The predicted molar refractivity (Wildman–Crippen MR) is 95.9 cm³/mol. The molecule has 2 saturated heterocycles. The predicted octanol–water partition coefficient (Wildman–Crippen LogP) is 1.08. The molecule has 4 atom stereocenters. The van der Waals surface area contributed by atoms with Crippen molar-refractivity contribution in [1.29, 1.82) is 0 Å². The largest absolute Gasteiger partial charge is 0.480 e. The van der Waals surface area contributed by atoms with Crippen LogP contribution in [-0.4, -0.2) is 72.5 Å². The molecular weight excluding hydrogens is 419 g/mol. The maximum Gasteiger partial charge on any atom is 0.329 e. The zero-order valence-electron chi connectivity index (χ0n) is 13.7. The van der Waals surface area contributed by atoms with Crippen molar-refractivity contribution in [3.63, 3.8) is 0 Å². The lowest BCUT2D eigenvalue weighted by Crippen LogP contribution is -2.79. The lowest BCUT2D eigenvalue weighted by molar-refractivity contribution is -0.176. The standard InChI is InChI=1S/C16H12Cl2N2O6S/c1-16(26)4-27-14-9(13(23)20(14)10(16)15(24)25)19-11(21)5-2-7(17)8(18)3-6(5)12(19)22/h2-3,9-10,14,26H,4H2,1H3,(H,24,25)/t9?,10?,14-,16-/m1/s1. The third kappa shape index (κ3) is 2.42. The molecule has 3 aliphatic heterocycles. The van der Waals surface area contributed by atoms with Crippen LogP contribution in [0.3, 0.4) is 0 Å². The molecule has 0 spiro atoms. The lowest BCUT2D eigenvalue weighted by atomic mass is 9.91. The van der Waals surface area contributed by atoms with Crippen molar-refractivity contribution in [3.05, 3.63) is 33.3 Å². The topological polar surface area (TPSA) is 115 Å². The van der Waals surface area contributed by atoms with E-state index in [1.807, 2.05) is 0 Å². The minimum Gasteiger partial charge on any atom is -0.480 e. The first-order valence-corrected chi connectivity index (χ1v) is 9.62. The number of hydrogen-bond donors (Lipinski definition) is 2. The highest BCUT2D eigenvalue weighted by Crippen LogP contribution is 2.46. The van der Waals surface area contributed by atoms with Gasteiger partial charge in [0.1, 0.15) is 17.0 Å². The van der Waals surface area contributed by atoms with Crippen molar-refractivity contribution in [2.24, 2.45) is 0 Å². The summed E-state index contributed by atoms with van der Waals surface area (Å²) in [5.41, 5.74) is -1.54. The van der Waals surface area contributed by atoms with Crippen LogP contribution >= 0.6 is 35.0 Å². The van der Waals surface area contributed by atoms with E-state index in [-0.39, 0.29) is 26.9 Å². The van der Waals surface area contributed by atoms with Crippen molar-refractivity contribution < 1.29 is 29.4 Å². The van der Waals surface area contributed by atoms with Crippen molar-refractivity contribution in [2.45, 2.75) is 30.0 Å². The van der Waals surface area contributed by atoms with Gasteiger partial charge in [0.2, 0.25) is 0 Å². The maximum atomic E-state index is 12.7. The summed E-state index contributed by atoms with van der Waals surface area (Å²) in [4.78, 5) is 51.6. The molecule has 0 aliphatic carbocycles. The number of halogens is 2. The molecule has 8 nitrogen and oxygen atoms in total. The number of hydrogen-bond acceptors (Lipinski definition) is 6. The number of β-lactam (4-membered cyclic amide) rings is 1. The van der Waals surface area contributed by atoms with Crippen LogP contribution in [0.5, 0.6) is 0 Å². The number of benzene rings is 1. The number of carbonyl (C=O) groups is 4. The van der Waals surface area contributed by atoms with Gasteiger partial charge in [-0.15, -0.1) is 11.8 Å². The monoisotopic (exact) mass is 430 g/mol. The second-order valence-electron chi connectivity index (χ2n) is 6.78. The van der Waals surface area contributed by atoms with E-state index in [4.69, 9.17) is 23.2 Å². The van der Waals surface area contributed by atoms with Gasteiger partial charge in [-0.3, -0.25) is 19.3 Å². The Labute approximate surface area is 167 Å². The average molecular weight is 431 g/mol. The van der Waals surface area contributed by atoms with Crippen LogP contribution in [0.25, 0.3) is 0 Å². The second kappa shape index (κ2) is 5.84. The van der Waals surface area contributed by atoms with E-state index < -0.39 is 46.7 Å². The first-order chi connectivity index (χ1) is 12.6. The second-order valence-corrected chi connectivity index (χ2v) is 8.70. The third-order valence-corrected chi connectivity index (χ3v) is 7.24. The van der Waals surface area contributed by atoms with Gasteiger partial charge in [0.15, 0.2) is 6.04 Å². The van der Waals surface area contributed by atoms with E-state index in [0.29, 0.717) is 0 Å². The summed E-state index contributed by atoms with van der Waals surface area (Å²) in [5, 5.41) is 19.2. The molecule has 1 aromatic rings. The zero-order chi connectivity index (χ0) is 19.8. The fraction of sp³-hybridized carbons (Fsp3) is 0.375. The Hall–Kier alpha value is -1.81. The molecule has 0 saturated carbocycles. The van der Waals surface area contributed by atoms with Crippen LogP contribution in [-0.2, 0) is 9.59 Å². The molecule has 3 heterocycles. The highest BCUT2D eigenvalue weighted by Gasteiger charge is 2.64. The molecule has 0 bridgehead atoms. The van der Waals surface area contributed by atoms with Crippen LogP contribution in [0.2, 0.25) is 10.0 Å². The van der Waals surface area contributed by atoms with E-state index >= 15 is 0 Å². The number of imide groups is 1. The minimum absolute atomic E-state index is 0.0374. The van der Waals surface area contributed by atoms with Crippen molar-refractivity contribution in [3.8, 4) is 0 Å². The molecule has 1 aromatic carbocycles. The highest BCUT2D eigenvalue weighted by molar-refractivity contribution is 8.00. The number of thioether (sulfide) groups is 1. The number of amides is 3. The summed E-state index contributed by atoms with van der Waals surface area (Å²) in [6, 6.07) is -0.0391. The molecular formula is C16H12Cl2N2O6S. The number of aliphatic hydroxyl groups is 1. The van der Waals surface area contributed by atoms with Crippen LogP contribution in [0.15, 0.2) is 12.1 Å². The third-order valence-electron chi connectivity index (χ3n) is 4.94. The van der Waals surface area contributed by atoms with Gasteiger partial charge < -0.3 is 15.1 Å². The van der Waals surface area contributed by atoms with E-state index in [1.165, 1.54) is 19.1 Å². The number of carbonyl (C=O) groups excluding carboxylic acids is 3. The number of aliphatic carboxylic acids is 1. The van der Waals surface area contributed by atoms with Gasteiger partial charge >= 0.3 is 5.97 Å². The first kappa shape index (κ1) is 18.5. The van der Waals surface area contributed by atoms with Gasteiger partial charge in [0.05, 0.1) is 21.2 Å². The van der Waals surface area contributed by atoms with Crippen molar-refractivity contribution in [1.82, 2.24) is 9.80 Å². The summed E-state index contributed by atoms with van der Waals surface area (Å²) in [6.07, 6.45) is 0.